The Hall–Kier alpha value is -0.780. The van der Waals surface area contributed by atoms with E-state index in [0.29, 0.717) is 0 Å². The first-order chi connectivity index (χ1) is 9.28. The van der Waals surface area contributed by atoms with E-state index in [9.17, 15) is 0 Å². The first-order valence-electron chi connectivity index (χ1n) is 6.07. The Morgan fingerprint density at radius 3 is 2.79 bits per heavy atom. The van der Waals surface area contributed by atoms with E-state index in [4.69, 9.17) is 11.6 Å². The van der Waals surface area contributed by atoms with E-state index in [1.165, 1.54) is 11.3 Å². The van der Waals surface area contributed by atoms with Gasteiger partial charge in [0.1, 0.15) is 5.01 Å². The highest BCUT2D eigenvalue weighted by Gasteiger charge is 2.04. The van der Waals surface area contributed by atoms with Crippen molar-refractivity contribution in [2.75, 3.05) is 23.9 Å². The number of benzene rings is 1. The number of halogens is 1. The van der Waals surface area contributed by atoms with Gasteiger partial charge in [0.05, 0.1) is 0 Å². The molecule has 102 valence electrons. The van der Waals surface area contributed by atoms with Crippen molar-refractivity contribution in [2.45, 2.75) is 12.8 Å². The first-order valence-corrected chi connectivity index (χ1v) is 8.66. The Morgan fingerprint density at radius 2 is 2.05 bits per heavy atom. The molecule has 0 radical (unpaired) electrons. The normalized spacial score (nSPS) is 10.6. The molecule has 0 saturated heterocycles. The van der Waals surface area contributed by atoms with Gasteiger partial charge in [-0.15, -0.1) is 10.2 Å². The molecule has 0 aliphatic carbocycles. The Morgan fingerprint density at radius 1 is 1.26 bits per heavy atom. The predicted molar refractivity (Wildman–Crippen MR) is 85.7 cm³/mol. The minimum atomic E-state index is 0.761. The molecule has 6 heteroatoms. The molecular formula is C13H16ClN3S2. The van der Waals surface area contributed by atoms with E-state index < -0.39 is 0 Å². The number of thioether (sulfide) groups is 1. The third kappa shape index (κ3) is 5.01. The zero-order valence-electron chi connectivity index (χ0n) is 10.7. The van der Waals surface area contributed by atoms with Gasteiger partial charge in [-0.25, -0.2) is 0 Å². The summed E-state index contributed by atoms with van der Waals surface area (Å²) in [5.74, 6) is 1.17. The van der Waals surface area contributed by atoms with Crippen molar-refractivity contribution in [2.24, 2.45) is 0 Å². The monoisotopic (exact) mass is 313 g/mol. The molecular weight excluding hydrogens is 298 g/mol. The van der Waals surface area contributed by atoms with Crippen LogP contribution in [0.4, 0.5) is 5.13 Å². The third-order valence-electron chi connectivity index (χ3n) is 2.54. The van der Waals surface area contributed by atoms with Gasteiger partial charge in [-0.1, -0.05) is 35.1 Å². The van der Waals surface area contributed by atoms with E-state index in [0.717, 1.165) is 34.5 Å². The minimum Gasteiger partial charge on any atom is -0.360 e. The van der Waals surface area contributed by atoms with Crippen LogP contribution in [0.5, 0.6) is 0 Å². The fourth-order valence-electron chi connectivity index (χ4n) is 1.59. The Labute approximate surface area is 126 Å². The van der Waals surface area contributed by atoms with Gasteiger partial charge in [0.25, 0.3) is 0 Å². The summed E-state index contributed by atoms with van der Waals surface area (Å²) in [5.41, 5.74) is 1.20. The van der Waals surface area contributed by atoms with Crippen LogP contribution in [0.1, 0.15) is 17.0 Å². The van der Waals surface area contributed by atoms with E-state index in [1.54, 1.807) is 11.3 Å². The summed E-state index contributed by atoms with van der Waals surface area (Å²) in [6.45, 7) is 0.955. The molecule has 0 spiro atoms. The summed E-state index contributed by atoms with van der Waals surface area (Å²) < 4.78 is 0. The van der Waals surface area contributed by atoms with Crippen molar-refractivity contribution >= 4 is 39.8 Å². The predicted octanol–water partition coefficient (Wildman–Crippen LogP) is 3.95. The quantitative estimate of drug-likeness (QED) is 0.786. The van der Waals surface area contributed by atoms with E-state index in [-0.39, 0.29) is 0 Å². The standard InChI is InChI=1S/C13H16ClN3S2/c1-18-8-2-7-15-13-17-16-12(19-13)9-10-3-5-11(14)6-4-10/h3-6H,2,7-9H2,1H3,(H,15,17). The minimum absolute atomic E-state index is 0.761. The van der Waals surface area contributed by atoms with Crippen molar-refractivity contribution in [1.29, 1.82) is 0 Å². The second kappa shape index (κ2) is 7.72. The number of nitrogens with zero attached hydrogens (tertiary/aromatic N) is 2. The second-order valence-corrected chi connectivity index (χ2v) is 6.56. The summed E-state index contributed by atoms with van der Waals surface area (Å²) in [4.78, 5) is 0. The molecule has 1 N–H and O–H groups in total. The molecule has 1 heterocycles. The van der Waals surface area contributed by atoms with Crippen molar-refractivity contribution < 1.29 is 0 Å². The maximum atomic E-state index is 5.86. The maximum Gasteiger partial charge on any atom is 0.205 e. The highest BCUT2D eigenvalue weighted by Crippen LogP contribution is 2.19. The van der Waals surface area contributed by atoms with E-state index in [1.807, 2.05) is 36.0 Å². The summed E-state index contributed by atoms with van der Waals surface area (Å²) >= 11 is 9.34. The zero-order valence-corrected chi connectivity index (χ0v) is 13.1. The number of hydrogen-bond acceptors (Lipinski definition) is 5. The van der Waals surface area contributed by atoms with Crippen molar-refractivity contribution in [3.05, 3.63) is 39.9 Å². The van der Waals surface area contributed by atoms with Crippen molar-refractivity contribution in [3.8, 4) is 0 Å². The Bertz CT molecular complexity index is 499. The molecule has 2 aromatic rings. The van der Waals surface area contributed by atoms with Gasteiger partial charge in [-0.3, -0.25) is 0 Å². The van der Waals surface area contributed by atoms with Crippen LogP contribution in [0.15, 0.2) is 24.3 Å². The molecule has 3 nitrogen and oxygen atoms in total. The largest absolute Gasteiger partial charge is 0.360 e. The fraction of sp³-hybridized carbons (Fsp3) is 0.385. The van der Waals surface area contributed by atoms with Gasteiger partial charge < -0.3 is 5.32 Å². The molecule has 0 bridgehead atoms. The molecule has 0 unspecified atom stereocenters. The van der Waals surface area contributed by atoms with Gasteiger partial charge in [-0.05, 0) is 36.1 Å². The van der Waals surface area contributed by atoms with Gasteiger partial charge in [0, 0.05) is 18.0 Å². The molecule has 0 amide bonds. The summed E-state index contributed by atoms with van der Waals surface area (Å²) in [6, 6.07) is 7.85. The molecule has 0 fully saturated rings. The summed E-state index contributed by atoms with van der Waals surface area (Å²) in [5, 5.41) is 14.3. The maximum absolute atomic E-state index is 5.86. The van der Waals surface area contributed by atoms with Gasteiger partial charge in [-0.2, -0.15) is 11.8 Å². The fourth-order valence-corrected chi connectivity index (χ4v) is 2.94. The summed E-state index contributed by atoms with van der Waals surface area (Å²) in [7, 11) is 0. The molecule has 0 atom stereocenters. The van der Waals surface area contributed by atoms with Gasteiger partial charge in [0.15, 0.2) is 0 Å². The number of hydrogen-bond donors (Lipinski definition) is 1. The van der Waals surface area contributed by atoms with Crippen LogP contribution in [-0.4, -0.2) is 28.8 Å². The number of rotatable bonds is 7. The SMILES string of the molecule is CSCCCNc1nnc(Cc2ccc(Cl)cc2)s1. The zero-order chi connectivity index (χ0) is 13.5. The Kier molecular flexibility index (Phi) is 5.94. The van der Waals surface area contributed by atoms with E-state index in [2.05, 4.69) is 21.8 Å². The van der Waals surface area contributed by atoms with Crippen LogP contribution < -0.4 is 5.32 Å². The second-order valence-electron chi connectivity index (χ2n) is 4.08. The smallest absolute Gasteiger partial charge is 0.205 e. The molecule has 19 heavy (non-hydrogen) atoms. The van der Waals surface area contributed by atoms with Crippen molar-refractivity contribution in [3.63, 3.8) is 0 Å². The lowest BCUT2D eigenvalue weighted by molar-refractivity contribution is 0.960. The highest BCUT2D eigenvalue weighted by molar-refractivity contribution is 7.98. The lowest BCUT2D eigenvalue weighted by atomic mass is 10.2. The molecule has 1 aromatic carbocycles. The average molecular weight is 314 g/mol. The first kappa shape index (κ1) is 14.6. The lowest BCUT2D eigenvalue weighted by Crippen LogP contribution is -2.01. The summed E-state index contributed by atoms with van der Waals surface area (Å²) in [6.07, 6.45) is 4.07. The van der Waals surface area contributed by atoms with Crippen LogP contribution in [-0.2, 0) is 6.42 Å². The van der Waals surface area contributed by atoms with E-state index >= 15 is 0 Å². The molecule has 0 saturated carbocycles. The lowest BCUT2D eigenvalue weighted by Gasteiger charge is -1.99. The Balaban J connectivity index is 1.85. The number of anilines is 1. The van der Waals surface area contributed by atoms with Gasteiger partial charge >= 0.3 is 0 Å². The van der Waals surface area contributed by atoms with Crippen LogP contribution in [0.2, 0.25) is 5.02 Å². The van der Waals surface area contributed by atoms with Gasteiger partial charge in [0.2, 0.25) is 5.13 Å². The molecule has 0 aliphatic rings. The highest BCUT2D eigenvalue weighted by atomic mass is 35.5. The average Bonchev–Trinajstić information content (AvgIpc) is 2.85. The number of aromatic nitrogens is 2. The third-order valence-corrected chi connectivity index (χ3v) is 4.37. The number of nitrogens with one attached hydrogen (secondary N) is 1. The van der Waals surface area contributed by atoms with Crippen LogP contribution >= 0.6 is 34.7 Å². The van der Waals surface area contributed by atoms with Crippen LogP contribution in [0, 0.1) is 0 Å². The molecule has 0 aliphatic heterocycles. The van der Waals surface area contributed by atoms with Crippen molar-refractivity contribution in [1.82, 2.24) is 10.2 Å². The molecule has 1 aromatic heterocycles. The van der Waals surface area contributed by atoms with Crippen LogP contribution in [0.25, 0.3) is 0 Å². The molecule has 2 rings (SSSR count). The topological polar surface area (TPSA) is 37.8 Å². The van der Waals surface area contributed by atoms with Crippen LogP contribution in [0.3, 0.4) is 0 Å².